The molecule has 0 amide bonds. The largest absolute Gasteiger partial charge is 0.700 e. The summed E-state index contributed by atoms with van der Waals surface area (Å²) in [5.41, 5.74) is 9.90. The van der Waals surface area contributed by atoms with E-state index < -0.39 is 0 Å². The zero-order valence-corrected chi connectivity index (χ0v) is 21.8. The van der Waals surface area contributed by atoms with Gasteiger partial charge in [-0.15, -0.1) is 0 Å². The molecule has 1 aromatic heterocycles. The summed E-state index contributed by atoms with van der Waals surface area (Å²) in [4.78, 5) is 0. The van der Waals surface area contributed by atoms with Gasteiger partial charge >= 0.3 is 7.55 Å². The fourth-order valence-corrected chi connectivity index (χ4v) is 6.76. The first-order valence-corrected chi connectivity index (χ1v) is 13.8. The zero-order valence-electron chi connectivity index (χ0n) is 21.8. The molecular weight excluding hydrogens is 483 g/mol. The zero-order chi connectivity index (χ0) is 26.2. The minimum atomic E-state index is 1.21. The van der Waals surface area contributed by atoms with Crippen molar-refractivity contribution in [2.24, 2.45) is 0 Å². The van der Waals surface area contributed by atoms with E-state index >= 15 is 0 Å². The van der Waals surface area contributed by atoms with Crippen LogP contribution in [0.3, 0.4) is 0 Å². The van der Waals surface area contributed by atoms with Crippen molar-refractivity contribution >= 4 is 57.4 Å². The molecule has 0 atom stereocenters. The number of rotatable bonds is 2. The molecule has 6 aromatic carbocycles. The number of hydrogen-bond acceptors (Lipinski definition) is 0. The normalized spacial score (nSPS) is 13.8. The van der Waals surface area contributed by atoms with Gasteiger partial charge in [-0.3, -0.25) is 4.49 Å². The number of hydrogen-bond donors (Lipinski definition) is 0. The van der Waals surface area contributed by atoms with Gasteiger partial charge in [0.25, 0.3) is 0 Å². The van der Waals surface area contributed by atoms with Crippen molar-refractivity contribution in [3.63, 3.8) is 0 Å². The van der Waals surface area contributed by atoms with E-state index in [1.807, 2.05) is 0 Å². The highest BCUT2D eigenvalue weighted by Crippen LogP contribution is 2.44. The van der Waals surface area contributed by atoms with E-state index in [1.165, 1.54) is 77.4 Å². The summed E-state index contributed by atoms with van der Waals surface area (Å²) in [6.07, 6.45) is 2.40. The lowest BCUT2D eigenvalue weighted by atomic mass is 9.93. The van der Waals surface area contributed by atoms with Gasteiger partial charge in [-0.25, -0.2) is 0 Å². The summed E-state index contributed by atoms with van der Waals surface area (Å²) < 4.78 is 4.82. The quantitative estimate of drug-likeness (QED) is 0.208. The van der Waals surface area contributed by atoms with Gasteiger partial charge in [0.05, 0.1) is 11.1 Å². The number of fused-ring (bicyclic) bond motifs is 10. The Morgan fingerprint density at radius 2 is 1.15 bits per heavy atom. The lowest BCUT2D eigenvalue weighted by Crippen LogP contribution is -2.29. The maximum absolute atomic E-state index is 2.41. The van der Waals surface area contributed by atoms with Crippen LogP contribution in [-0.2, 0) is 0 Å². The molecule has 0 N–H and O–H groups in total. The van der Waals surface area contributed by atoms with E-state index in [4.69, 9.17) is 0 Å². The average molecular weight is 506 g/mol. The summed E-state index contributed by atoms with van der Waals surface area (Å²) in [5, 5.41) is 7.66. The number of aromatic nitrogens is 1. The van der Waals surface area contributed by atoms with Crippen molar-refractivity contribution in [2.45, 2.75) is 0 Å². The molecule has 7 aromatic rings. The fourth-order valence-electron chi connectivity index (χ4n) is 6.76. The van der Waals surface area contributed by atoms with Crippen LogP contribution in [0.2, 0.25) is 0 Å². The van der Waals surface area contributed by atoms with Crippen molar-refractivity contribution in [3.05, 3.63) is 156 Å². The monoisotopic (exact) mass is 506 g/mol. The predicted octanol–water partition coefficient (Wildman–Crippen LogP) is 8.37. The molecule has 2 nitrogen and oxygen atoms in total. The highest BCUT2D eigenvalue weighted by atomic mass is 15.1. The Balaban J connectivity index is 1.43. The maximum atomic E-state index is 2.41. The van der Waals surface area contributed by atoms with E-state index in [0.29, 0.717) is 0 Å². The van der Waals surface area contributed by atoms with Crippen molar-refractivity contribution in [2.75, 3.05) is 0 Å². The van der Waals surface area contributed by atoms with Gasteiger partial charge in [-0.1, -0.05) is 115 Å². The summed E-state index contributed by atoms with van der Waals surface area (Å²) in [6, 6.07) is 48.2. The van der Waals surface area contributed by atoms with Gasteiger partial charge in [0.1, 0.15) is 0 Å². The van der Waals surface area contributed by atoms with Crippen LogP contribution in [0.1, 0.15) is 22.4 Å². The van der Waals surface area contributed by atoms with Gasteiger partial charge < -0.3 is 4.48 Å². The molecule has 3 heterocycles. The highest BCUT2D eigenvalue weighted by Gasteiger charge is 2.43. The van der Waals surface area contributed by atoms with Crippen LogP contribution in [0.4, 0.5) is 0 Å². The molecule has 2 aliphatic heterocycles. The Bertz CT molecular complexity index is 2220. The van der Waals surface area contributed by atoms with Gasteiger partial charge in [0.2, 0.25) is 0 Å². The van der Waals surface area contributed by atoms with E-state index in [0.717, 1.165) is 0 Å². The Hall–Kier alpha value is -5.15. The topological polar surface area (TPSA) is 7.94 Å². The van der Waals surface area contributed by atoms with Crippen LogP contribution in [-0.4, -0.2) is 22.2 Å². The molecule has 2 aliphatic rings. The molecule has 183 valence electrons. The minimum absolute atomic E-state index is 1.21. The fraction of sp³-hybridized carbons (Fsp3) is 0. The standard InChI is InChI=1S/C37H23BN2/c1-3-13-26(14-4-1)36-34-28-17-9-7-11-24(28)19-21-30(34)32-23-33-31-22-20-25-12-8-10-18-29(25)35(31)37(40(33)38-39(32)36)27-15-5-2-6-16-27/h1-23H/q+1. The van der Waals surface area contributed by atoms with Crippen LogP contribution in [0.25, 0.3) is 55.3 Å². The van der Waals surface area contributed by atoms with Gasteiger partial charge in [0.15, 0.2) is 11.4 Å². The first-order chi connectivity index (χ1) is 19.9. The number of nitrogens with zero attached hydrogens (tertiary/aromatic N) is 2. The summed E-state index contributed by atoms with van der Waals surface area (Å²) in [5.74, 6) is 0. The van der Waals surface area contributed by atoms with Crippen LogP contribution >= 0.6 is 0 Å². The molecule has 3 heteroatoms. The summed E-state index contributed by atoms with van der Waals surface area (Å²) in [6.45, 7) is 0. The minimum Gasteiger partial charge on any atom is -0.317 e. The molecule has 0 saturated heterocycles. The molecule has 0 unspecified atom stereocenters. The van der Waals surface area contributed by atoms with E-state index in [-0.39, 0.29) is 0 Å². The Labute approximate surface area is 233 Å². The molecule has 0 spiro atoms. The third-order valence-electron chi connectivity index (χ3n) is 8.48. The van der Waals surface area contributed by atoms with Crippen LogP contribution < -0.4 is 0 Å². The Morgan fingerprint density at radius 1 is 0.525 bits per heavy atom. The van der Waals surface area contributed by atoms with E-state index in [9.17, 15) is 0 Å². The lowest BCUT2D eigenvalue weighted by molar-refractivity contribution is -0.264. The molecule has 0 saturated carbocycles. The highest BCUT2D eigenvalue weighted by molar-refractivity contribution is 6.38. The molecule has 1 radical (unpaired) electrons. The SMILES string of the molecule is [B]1n2c(c3ccc4ccccc4c3c2-c2ccccc2)C=C2c3ccc4ccccc4c3C(c3ccccc3)=[N+]12. The molecular formula is C37H23BN2+. The maximum Gasteiger partial charge on any atom is 0.700 e. The smallest absolute Gasteiger partial charge is 0.317 e. The molecule has 40 heavy (non-hydrogen) atoms. The molecule has 0 bridgehead atoms. The van der Waals surface area contributed by atoms with Gasteiger partial charge in [-0.2, -0.15) is 0 Å². The first kappa shape index (κ1) is 21.8. The van der Waals surface area contributed by atoms with E-state index in [1.54, 1.807) is 0 Å². The van der Waals surface area contributed by atoms with Gasteiger partial charge in [-0.05, 0) is 45.3 Å². The summed E-state index contributed by atoms with van der Waals surface area (Å²) >= 11 is 0. The molecule has 0 fully saturated rings. The van der Waals surface area contributed by atoms with Crippen molar-refractivity contribution in [3.8, 4) is 11.3 Å². The van der Waals surface area contributed by atoms with E-state index in [2.05, 4.69) is 156 Å². The summed E-state index contributed by atoms with van der Waals surface area (Å²) in [7, 11) is 2.32. The average Bonchev–Trinajstić information content (AvgIpc) is 3.53. The van der Waals surface area contributed by atoms with Crippen molar-refractivity contribution < 1.29 is 4.49 Å². The van der Waals surface area contributed by atoms with Crippen molar-refractivity contribution in [1.82, 2.24) is 4.48 Å². The lowest BCUT2D eigenvalue weighted by Gasteiger charge is -2.14. The van der Waals surface area contributed by atoms with Crippen LogP contribution in [0.15, 0.2) is 133 Å². The Morgan fingerprint density at radius 3 is 1.93 bits per heavy atom. The third-order valence-corrected chi connectivity index (χ3v) is 8.48. The predicted molar refractivity (Wildman–Crippen MR) is 168 cm³/mol. The molecule has 0 aliphatic carbocycles. The van der Waals surface area contributed by atoms with Crippen molar-refractivity contribution in [1.29, 1.82) is 0 Å². The van der Waals surface area contributed by atoms with Crippen LogP contribution in [0.5, 0.6) is 0 Å². The molecule has 9 rings (SSSR count). The number of benzene rings is 6. The second-order valence-electron chi connectivity index (χ2n) is 10.6. The third kappa shape index (κ3) is 2.92. The van der Waals surface area contributed by atoms with Gasteiger partial charge in [0, 0.05) is 33.8 Å². The first-order valence-electron chi connectivity index (χ1n) is 13.8. The second kappa shape index (κ2) is 8.18. The van der Waals surface area contributed by atoms with Crippen LogP contribution in [0, 0.1) is 0 Å². The second-order valence-corrected chi connectivity index (χ2v) is 10.6. The Kier molecular flexibility index (Phi) is 4.45.